The molecule has 1 aliphatic rings. The van der Waals surface area contributed by atoms with Crippen molar-refractivity contribution in [3.05, 3.63) is 79.4 Å². The highest BCUT2D eigenvalue weighted by Gasteiger charge is 2.29. The second kappa shape index (κ2) is 8.80. The number of ketones is 1. The van der Waals surface area contributed by atoms with Crippen LogP contribution in [0.5, 0.6) is 5.75 Å². The second-order valence-corrected chi connectivity index (χ2v) is 8.23. The first-order valence-electron chi connectivity index (χ1n) is 9.81. The zero-order chi connectivity index (χ0) is 22.8. The number of hydrogen-bond donors (Lipinski definition) is 2. The van der Waals surface area contributed by atoms with E-state index in [1.807, 2.05) is 24.3 Å². The first-order valence-corrected chi connectivity index (χ1v) is 10.7. The van der Waals surface area contributed by atoms with Crippen molar-refractivity contribution in [3.8, 4) is 5.75 Å². The van der Waals surface area contributed by atoms with Crippen molar-refractivity contribution in [2.45, 2.75) is 18.8 Å². The lowest BCUT2D eigenvalue weighted by Gasteiger charge is -2.24. The summed E-state index contributed by atoms with van der Waals surface area (Å²) in [6, 6.07) is 10.4. The van der Waals surface area contributed by atoms with Gasteiger partial charge in [0, 0.05) is 17.7 Å². The Balaban J connectivity index is 1.59. The summed E-state index contributed by atoms with van der Waals surface area (Å²) in [7, 11) is 2.83. The number of carbonyl (C=O) groups excluding carboxylic acids is 3. The number of pyridine rings is 1. The van der Waals surface area contributed by atoms with Gasteiger partial charge in [-0.25, -0.2) is 4.79 Å². The molecule has 2 aromatic heterocycles. The Morgan fingerprint density at radius 1 is 1.09 bits per heavy atom. The number of Topliss-reactive ketones (excluding diaryl/α,β-unsaturated/α-hetero) is 1. The van der Waals surface area contributed by atoms with Gasteiger partial charge in [-0.15, -0.1) is 11.3 Å². The molecule has 0 fully saturated rings. The van der Waals surface area contributed by atoms with Crippen LogP contribution in [-0.4, -0.2) is 36.9 Å². The number of ether oxygens (including phenoxy) is 2. The number of H-pyrrole nitrogens is 1. The minimum absolute atomic E-state index is 0.0790. The standard InChI is InChI=1S/C23H20N2O6S/c1-30-14-5-3-12(4-6-14)13-9-18-15(19(26)10-13)11-16(22(28)25-18)21(27)24-17-7-8-32-20(17)23(29)31-2/h3-8,11,13H,9-10H2,1-2H3,(H,24,27)(H,25,28)/t13-/m1/s1. The van der Waals surface area contributed by atoms with Gasteiger partial charge in [0.1, 0.15) is 16.2 Å². The molecule has 0 saturated heterocycles. The van der Waals surface area contributed by atoms with E-state index in [0.29, 0.717) is 17.7 Å². The van der Waals surface area contributed by atoms with Crippen molar-refractivity contribution in [3.63, 3.8) is 0 Å². The molecule has 3 aromatic rings. The summed E-state index contributed by atoms with van der Waals surface area (Å²) >= 11 is 1.11. The number of fused-ring (bicyclic) bond motifs is 1. The van der Waals surface area contributed by atoms with E-state index in [1.54, 1.807) is 18.6 Å². The fraction of sp³-hybridized carbons (Fsp3) is 0.217. The maximum absolute atomic E-state index is 12.8. The number of esters is 1. The van der Waals surface area contributed by atoms with Crippen molar-refractivity contribution >= 4 is 34.7 Å². The number of hydrogen-bond acceptors (Lipinski definition) is 7. The minimum atomic E-state index is -0.706. The van der Waals surface area contributed by atoms with Crippen molar-refractivity contribution in [2.75, 3.05) is 19.5 Å². The van der Waals surface area contributed by atoms with Gasteiger partial charge in [0.15, 0.2) is 5.78 Å². The number of nitrogens with one attached hydrogen (secondary N) is 2. The number of aromatic amines is 1. The van der Waals surface area contributed by atoms with Gasteiger partial charge in [-0.1, -0.05) is 12.1 Å². The number of benzene rings is 1. The number of amides is 1. The Labute approximate surface area is 187 Å². The van der Waals surface area contributed by atoms with Gasteiger partial charge in [0.05, 0.1) is 19.9 Å². The first-order chi connectivity index (χ1) is 15.4. The van der Waals surface area contributed by atoms with Gasteiger partial charge in [-0.05, 0) is 47.5 Å². The van der Waals surface area contributed by atoms with Gasteiger partial charge in [-0.2, -0.15) is 0 Å². The van der Waals surface area contributed by atoms with E-state index in [2.05, 4.69) is 10.3 Å². The molecule has 32 heavy (non-hydrogen) atoms. The molecular formula is C23H20N2O6S. The summed E-state index contributed by atoms with van der Waals surface area (Å²) in [5.41, 5.74) is 1.27. The maximum atomic E-state index is 12.8. The van der Waals surface area contributed by atoms with Crippen molar-refractivity contribution < 1.29 is 23.9 Å². The molecule has 2 heterocycles. The number of methoxy groups -OCH3 is 2. The number of rotatable bonds is 5. The maximum Gasteiger partial charge on any atom is 0.350 e. The molecule has 8 nitrogen and oxygen atoms in total. The van der Waals surface area contributed by atoms with Crippen LogP contribution in [0.25, 0.3) is 0 Å². The van der Waals surface area contributed by atoms with Crippen LogP contribution < -0.4 is 15.6 Å². The van der Waals surface area contributed by atoms with Crippen molar-refractivity contribution in [2.24, 2.45) is 0 Å². The molecule has 1 amide bonds. The zero-order valence-corrected chi connectivity index (χ0v) is 18.2. The summed E-state index contributed by atoms with van der Waals surface area (Å²) in [6.07, 6.45) is 0.741. The Kier molecular flexibility index (Phi) is 5.91. The lowest BCUT2D eigenvalue weighted by atomic mass is 9.81. The smallest absolute Gasteiger partial charge is 0.350 e. The van der Waals surface area contributed by atoms with Crippen LogP contribution in [0.3, 0.4) is 0 Å². The summed E-state index contributed by atoms with van der Waals surface area (Å²) in [5.74, 6) is -0.800. The molecule has 4 rings (SSSR count). The SMILES string of the molecule is COC(=O)c1sccc1NC(=O)c1cc2c([nH]c1=O)C[C@@H](c1ccc(OC)cc1)CC2=O. The van der Waals surface area contributed by atoms with Gasteiger partial charge in [-0.3, -0.25) is 14.4 Å². The molecule has 0 unspecified atom stereocenters. The van der Waals surface area contributed by atoms with E-state index in [0.717, 1.165) is 22.6 Å². The summed E-state index contributed by atoms with van der Waals surface area (Å²) < 4.78 is 9.87. The molecule has 0 spiro atoms. The largest absolute Gasteiger partial charge is 0.497 e. The van der Waals surface area contributed by atoms with E-state index in [9.17, 15) is 19.2 Å². The van der Waals surface area contributed by atoms with E-state index in [-0.39, 0.29) is 34.2 Å². The van der Waals surface area contributed by atoms with Crippen LogP contribution >= 0.6 is 11.3 Å². The van der Waals surface area contributed by atoms with Gasteiger partial charge >= 0.3 is 5.97 Å². The highest BCUT2D eigenvalue weighted by Crippen LogP contribution is 2.32. The average molecular weight is 452 g/mol. The average Bonchev–Trinajstić information content (AvgIpc) is 3.26. The Morgan fingerprint density at radius 2 is 1.84 bits per heavy atom. The molecule has 9 heteroatoms. The Bertz CT molecular complexity index is 1260. The number of anilines is 1. The third kappa shape index (κ3) is 4.06. The summed E-state index contributed by atoms with van der Waals surface area (Å²) in [5, 5.41) is 4.18. The lowest BCUT2D eigenvalue weighted by molar-refractivity contribution is 0.0607. The summed E-state index contributed by atoms with van der Waals surface area (Å²) in [6.45, 7) is 0. The molecule has 0 saturated carbocycles. The minimum Gasteiger partial charge on any atom is -0.497 e. The van der Waals surface area contributed by atoms with Crippen molar-refractivity contribution in [1.82, 2.24) is 4.98 Å². The number of aromatic nitrogens is 1. The quantitative estimate of drug-likeness (QED) is 0.574. The Morgan fingerprint density at radius 3 is 2.53 bits per heavy atom. The fourth-order valence-electron chi connectivity index (χ4n) is 3.76. The fourth-order valence-corrected chi connectivity index (χ4v) is 4.53. The molecule has 0 aliphatic heterocycles. The molecule has 1 aromatic carbocycles. The molecular weight excluding hydrogens is 432 g/mol. The molecule has 164 valence electrons. The lowest BCUT2D eigenvalue weighted by Crippen LogP contribution is -2.29. The highest BCUT2D eigenvalue weighted by molar-refractivity contribution is 7.12. The second-order valence-electron chi connectivity index (χ2n) is 7.31. The van der Waals surface area contributed by atoms with Crippen LogP contribution in [-0.2, 0) is 11.2 Å². The third-order valence-electron chi connectivity index (χ3n) is 5.42. The number of carbonyl (C=O) groups is 3. The first kappa shape index (κ1) is 21.5. The monoisotopic (exact) mass is 452 g/mol. The molecule has 1 aliphatic carbocycles. The Hall–Kier alpha value is -3.72. The highest BCUT2D eigenvalue weighted by atomic mass is 32.1. The number of thiophene rings is 1. The van der Waals surface area contributed by atoms with Crippen LogP contribution in [0.2, 0.25) is 0 Å². The van der Waals surface area contributed by atoms with Gasteiger partial charge in [0.2, 0.25) is 0 Å². The van der Waals surface area contributed by atoms with Crippen LogP contribution in [0.15, 0.2) is 46.6 Å². The normalized spacial score (nSPS) is 15.1. The molecule has 2 N–H and O–H groups in total. The van der Waals surface area contributed by atoms with Gasteiger partial charge < -0.3 is 19.8 Å². The van der Waals surface area contributed by atoms with Gasteiger partial charge in [0.25, 0.3) is 11.5 Å². The molecule has 1 atom stereocenters. The van der Waals surface area contributed by atoms with Crippen LogP contribution in [0.4, 0.5) is 5.69 Å². The van der Waals surface area contributed by atoms with Crippen molar-refractivity contribution in [1.29, 1.82) is 0 Å². The molecule has 0 radical (unpaired) electrons. The summed E-state index contributed by atoms with van der Waals surface area (Å²) in [4.78, 5) is 52.9. The van der Waals surface area contributed by atoms with E-state index in [4.69, 9.17) is 9.47 Å². The molecule has 0 bridgehead atoms. The predicted octanol–water partition coefficient (Wildman–Crippen LogP) is 3.40. The third-order valence-corrected chi connectivity index (χ3v) is 6.32. The topological polar surface area (TPSA) is 115 Å². The van der Waals surface area contributed by atoms with E-state index < -0.39 is 17.4 Å². The van der Waals surface area contributed by atoms with E-state index >= 15 is 0 Å². The van der Waals surface area contributed by atoms with E-state index in [1.165, 1.54) is 13.2 Å². The van der Waals surface area contributed by atoms with Crippen LogP contribution in [0.1, 0.15) is 54.0 Å². The van der Waals surface area contributed by atoms with Crippen LogP contribution in [0, 0.1) is 0 Å². The zero-order valence-electron chi connectivity index (χ0n) is 17.4. The predicted molar refractivity (Wildman–Crippen MR) is 119 cm³/mol.